The Morgan fingerprint density at radius 2 is 1.58 bits per heavy atom. The Balaban J connectivity index is 1.45. The lowest BCUT2D eigenvalue weighted by Gasteiger charge is -2.32. The zero-order valence-electron chi connectivity index (χ0n) is 17.0. The zero-order valence-corrected chi connectivity index (χ0v) is 17.0. The quantitative estimate of drug-likeness (QED) is 0.435. The Kier molecular flexibility index (Phi) is 8.26. The molecule has 2 aliphatic heterocycles. The number of halogens is 5. The van der Waals surface area contributed by atoms with Gasteiger partial charge in [0.2, 0.25) is 0 Å². The molecule has 1 aromatic carbocycles. The molecule has 2 saturated heterocycles. The van der Waals surface area contributed by atoms with Crippen molar-refractivity contribution in [2.24, 2.45) is 11.8 Å². The molecule has 0 atom stereocenters. The first-order valence-corrected chi connectivity index (χ1v) is 10.0. The molecule has 2 fully saturated rings. The highest BCUT2D eigenvalue weighted by molar-refractivity contribution is 5.32. The van der Waals surface area contributed by atoms with E-state index in [1.807, 2.05) is 19.1 Å². The largest absolute Gasteiger partial charge is 0.478 e. The molecule has 0 amide bonds. The molecule has 174 valence electrons. The fourth-order valence-corrected chi connectivity index (χ4v) is 3.39. The van der Waals surface area contributed by atoms with Crippen molar-refractivity contribution in [1.82, 2.24) is 0 Å². The van der Waals surface area contributed by atoms with Crippen molar-refractivity contribution >= 4 is 0 Å². The zero-order chi connectivity index (χ0) is 22.4. The second-order valence-electron chi connectivity index (χ2n) is 7.54. The van der Waals surface area contributed by atoms with Crippen LogP contribution in [0.5, 0.6) is 5.75 Å². The van der Waals surface area contributed by atoms with Gasteiger partial charge in [0.1, 0.15) is 0 Å². The normalized spacial score (nSPS) is 27.5. The van der Waals surface area contributed by atoms with Crippen LogP contribution in [0.3, 0.4) is 0 Å². The van der Waals surface area contributed by atoms with Crippen molar-refractivity contribution < 1.29 is 45.6 Å². The first-order valence-electron chi connectivity index (χ1n) is 10.0. The highest BCUT2D eigenvalue weighted by atomic mass is 19.4. The van der Waals surface area contributed by atoms with Crippen LogP contribution in [-0.4, -0.2) is 45.5 Å². The molecule has 0 radical (unpaired) electrons. The second-order valence-corrected chi connectivity index (χ2v) is 7.54. The topological polar surface area (TPSA) is 46.2 Å². The third-order valence-corrected chi connectivity index (χ3v) is 4.91. The van der Waals surface area contributed by atoms with E-state index in [1.165, 1.54) is 0 Å². The maximum absolute atomic E-state index is 14.0. The summed E-state index contributed by atoms with van der Waals surface area (Å²) in [6.45, 7) is 1.97. The molecule has 10 heteroatoms. The summed E-state index contributed by atoms with van der Waals surface area (Å²) >= 11 is 0. The summed E-state index contributed by atoms with van der Waals surface area (Å²) < 4.78 is 91.4. The molecule has 0 bridgehead atoms. The summed E-state index contributed by atoms with van der Waals surface area (Å²) in [7, 11) is 0. The fraction of sp³-hybridized carbons (Fsp3) is 0.619. The van der Waals surface area contributed by atoms with E-state index >= 15 is 0 Å². The maximum Gasteiger partial charge on any atom is 0.422 e. The average Bonchev–Trinajstić information content (AvgIpc) is 2.72. The number of hydrogen-bond acceptors (Lipinski definition) is 5. The highest BCUT2D eigenvalue weighted by Crippen LogP contribution is 2.32. The van der Waals surface area contributed by atoms with E-state index in [2.05, 4.69) is 4.74 Å². The molecular weight excluding hydrogens is 427 g/mol. The van der Waals surface area contributed by atoms with Gasteiger partial charge in [0, 0.05) is 17.4 Å². The second kappa shape index (κ2) is 10.7. The molecule has 31 heavy (non-hydrogen) atoms. The molecule has 1 aromatic rings. The summed E-state index contributed by atoms with van der Waals surface area (Å²) in [5.41, 5.74) is 0.0294. The molecule has 0 saturated carbocycles. The third kappa shape index (κ3) is 7.13. The molecule has 0 unspecified atom stereocenters. The van der Waals surface area contributed by atoms with Gasteiger partial charge in [0.05, 0.1) is 26.4 Å². The van der Waals surface area contributed by atoms with Crippen LogP contribution in [0.2, 0.25) is 0 Å². The van der Waals surface area contributed by atoms with Crippen molar-refractivity contribution in [3.8, 4) is 5.75 Å². The van der Waals surface area contributed by atoms with Crippen LogP contribution in [0.25, 0.3) is 0 Å². The Bertz CT molecular complexity index is 715. The van der Waals surface area contributed by atoms with Gasteiger partial charge in [-0.05, 0) is 31.9 Å². The standard InChI is InChI=1S/C21H25F5O5/c1-2-3-13-8-27-18(28-9-13)5-4-14-10-29-20(30-11-14)15-6-16(22)19(17(23)7-15)31-12-21(24,25)26/h2-3,6-7,13-14,18,20H,4-5,8-12H2,1H3/b3-2+/t13-,14-,18-,20-. The van der Waals surface area contributed by atoms with Crippen LogP contribution < -0.4 is 4.74 Å². The minimum Gasteiger partial charge on any atom is -0.478 e. The molecule has 5 nitrogen and oxygen atoms in total. The summed E-state index contributed by atoms with van der Waals surface area (Å²) in [5.74, 6) is -3.28. The van der Waals surface area contributed by atoms with Gasteiger partial charge in [-0.3, -0.25) is 0 Å². The van der Waals surface area contributed by atoms with Crippen LogP contribution in [0, 0.1) is 23.5 Å². The summed E-state index contributed by atoms with van der Waals surface area (Å²) in [5, 5.41) is 0. The minimum atomic E-state index is -4.70. The van der Waals surface area contributed by atoms with Gasteiger partial charge in [0.25, 0.3) is 0 Å². The van der Waals surface area contributed by atoms with Crippen LogP contribution >= 0.6 is 0 Å². The highest BCUT2D eigenvalue weighted by Gasteiger charge is 2.31. The van der Waals surface area contributed by atoms with Gasteiger partial charge in [-0.2, -0.15) is 13.2 Å². The van der Waals surface area contributed by atoms with Gasteiger partial charge in [-0.1, -0.05) is 12.2 Å². The van der Waals surface area contributed by atoms with E-state index in [1.54, 1.807) is 0 Å². The van der Waals surface area contributed by atoms with Crippen molar-refractivity contribution in [3.05, 3.63) is 41.5 Å². The first kappa shape index (κ1) is 23.9. The molecule has 2 heterocycles. The van der Waals surface area contributed by atoms with Crippen LogP contribution in [0.15, 0.2) is 24.3 Å². The number of rotatable bonds is 7. The number of benzene rings is 1. The van der Waals surface area contributed by atoms with Gasteiger partial charge in [0.15, 0.2) is 36.6 Å². The lowest BCUT2D eigenvalue weighted by atomic mass is 10.0. The van der Waals surface area contributed by atoms with Crippen LogP contribution in [0.1, 0.15) is 31.6 Å². The van der Waals surface area contributed by atoms with E-state index in [4.69, 9.17) is 18.9 Å². The SMILES string of the molecule is C/C=C/[C@H]1CO[C@H](CC[C@H]2CO[C@H](c3cc(F)c(OCC(F)(F)F)c(F)c3)OC2)OC1. The summed E-state index contributed by atoms with van der Waals surface area (Å²) in [6, 6.07) is 1.70. The van der Waals surface area contributed by atoms with E-state index < -0.39 is 36.5 Å². The lowest BCUT2D eigenvalue weighted by Crippen LogP contribution is -2.33. The van der Waals surface area contributed by atoms with E-state index in [-0.39, 0.29) is 23.7 Å². The van der Waals surface area contributed by atoms with Gasteiger partial charge >= 0.3 is 6.18 Å². The molecule has 0 N–H and O–H groups in total. The fourth-order valence-electron chi connectivity index (χ4n) is 3.39. The molecule has 3 rings (SSSR count). The van der Waals surface area contributed by atoms with Gasteiger partial charge in [-0.25, -0.2) is 8.78 Å². The number of allylic oxidation sites excluding steroid dienone is 1. The number of hydrogen-bond donors (Lipinski definition) is 0. The van der Waals surface area contributed by atoms with Crippen LogP contribution in [0.4, 0.5) is 22.0 Å². The predicted octanol–water partition coefficient (Wildman–Crippen LogP) is 4.91. The van der Waals surface area contributed by atoms with Crippen molar-refractivity contribution in [2.75, 3.05) is 33.0 Å². The van der Waals surface area contributed by atoms with Crippen molar-refractivity contribution in [2.45, 2.75) is 38.5 Å². The smallest absolute Gasteiger partial charge is 0.422 e. The third-order valence-electron chi connectivity index (χ3n) is 4.91. The number of alkyl halides is 3. The van der Waals surface area contributed by atoms with E-state index in [9.17, 15) is 22.0 Å². The van der Waals surface area contributed by atoms with Crippen molar-refractivity contribution in [3.63, 3.8) is 0 Å². The van der Waals surface area contributed by atoms with Crippen molar-refractivity contribution in [1.29, 1.82) is 0 Å². The Morgan fingerprint density at radius 1 is 0.968 bits per heavy atom. The van der Waals surface area contributed by atoms with Crippen LogP contribution in [-0.2, 0) is 18.9 Å². The lowest BCUT2D eigenvalue weighted by molar-refractivity contribution is -0.217. The van der Waals surface area contributed by atoms with E-state index in [0.29, 0.717) is 32.8 Å². The minimum absolute atomic E-state index is 0.0294. The number of ether oxygens (including phenoxy) is 5. The Morgan fingerprint density at radius 3 is 2.13 bits per heavy atom. The Hall–Kier alpha value is -1.75. The maximum atomic E-state index is 14.0. The summed E-state index contributed by atoms with van der Waals surface area (Å²) in [4.78, 5) is 0. The summed E-state index contributed by atoms with van der Waals surface area (Å²) in [6.07, 6.45) is -0.611. The molecular formula is C21H25F5O5. The molecule has 0 aromatic heterocycles. The Labute approximate surface area is 177 Å². The van der Waals surface area contributed by atoms with E-state index in [0.717, 1.165) is 18.6 Å². The van der Waals surface area contributed by atoms with Gasteiger partial charge < -0.3 is 23.7 Å². The molecule has 0 aliphatic carbocycles. The predicted molar refractivity (Wildman–Crippen MR) is 99.3 cm³/mol. The molecule has 2 aliphatic rings. The average molecular weight is 452 g/mol. The van der Waals surface area contributed by atoms with Gasteiger partial charge in [-0.15, -0.1) is 0 Å². The monoisotopic (exact) mass is 452 g/mol. The molecule has 0 spiro atoms. The first-order chi connectivity index (χ1) is 14.7.